The fourth-order valence-corrected chi connectivity index (χ4v) is 3.09. The van der Waals surface area contributed by atoms with Crippen LogP contribution >= 0.6 is 0 Å². The van der Waals surface area contributed by atoms with Gasteiger partial charge in [0.2, 0.25) is 10.0 Å². The van der Waals surface area contributed by atoms with Gasteiger partial charge in [-0.3, -0.25) is 4.79 Å². The number of nitrogens with zero attached hydrogens (tertiary/aromatic N) is 1. The number of hydrogen-bond donors (Lipinski definition) is 1. The summed E-state index contributed by atoms with van der Waals surface area (Å²) in [5.41, 5.74) is 0. The molecular weight excluding hydrogens is 234 g/mol. The summed E-state index contributed by atoms with van der Waals surface area (Å²) in [7, 11) is -3.46. The average Bonchev–Trinajstić information content (AvgIpc) is 2.40. The highest BCUT2D eigenvalue weighted by Crippen LogP contribution is 2.11. The van der Waals surface area contributed by atoms with Crippen LogP contribution in [0, 0.1) is 0 Å². The zero-order valence-corrected chi connectivity index (χ0v) is 10.1. The first kappa shape index (κ1) is 13.4. The summed E-state index contributed by atoms with van der Waals surface area (Å²) in [5.74, 6) is -1.43. The smallest absolute Gasteiger partial charge is 0.304 e. The van der Waals surface area contributed by atoms with Gasteiger partial charge in [0.05, 0.1) is 18.3 Å². The van der Waals surface area contributed by atoms with E-state index in [-0.39, 0.29) is 18.3 Å². The van der Waals surface area contributed by atoms with Gasteiger partial charge in [0.1, 0.15) is 0 Å². The first-order valence-electron chi connectivity index (χ1n) is 5.23. The minimum Gasteiger partial charge on any atom is -0.481 e. The second-order valence-electron chi connectivity index (χ2n) is 3.85. The van der Waals surface area contributed by atoms with Crippen LogP contribution < -0.4 is 0 Å². The van der Waals surface area contributed by atoms with E-state index in [9.17, 15) is 13.2 Å². The van der Waals surface area contributed by atoms with Crippen molar-refractivity contribution in [1.29, 1.82) is 0 Å². The molecule has 1 unspecified atom stereocenters. The van der Waals surface area contributed by atoms with E-state index >= 15 is 0 Å². The molecular formula is C9H17NO5S. The van der Waals surface area contributed by atoms with E-state index in [0.717, 1.165) is 0 Å². The number of carboxylic acids is 1. The lowest BCUT2D eigenvalue weighted by molar-refractivity contribution is -0.136. The van der Waals surface area contributed by atoms with E-state index in [4.69, 9.17) is 9.84 Å². The highest BCUT2D eigenvalue weighted by Gasteiger charge is 2.26. The average molecular weight is 251 g/mol. The van der Waals surface area contributed by atoms with Gasteiger partial charge in [0, 0.05) is 19.7 Å². The molecule has 16 heavy (non-hydrogen) atoms. The molecule has 0 aromatic heterocycles. The molecule has 1 aliphatic rings. The number of hydrogen-bond acceptors (Lipinski definition) is 4. The van der Waals surface area contributed by atoms with Crippen molar-refractivity contribution >= 4 is 16.0 Å². The number of ether oxygens (including phenoxy) is 1. The van der Waals surface area contributed by atoms with Crippen LogP contribution in [-0.2, 0) is 19.6 Å². The quantitative estimate of drug-likeness (QED) is 0.754. The van der Waals surface area contributed by atoms with Crippen LogP contribution in [-0.4, -0.2) is 55.4 Å². The first-order chi connectivity index (χ1) is 7.42. The summed E-state index contributed by atoms with van der Waals surface area (Å²) < 4.78 is 30.2. The van der Waals surface area contributed by atoms with Gasteiger partial charge in [0.25, 0.3) is 0 Å². The SMILES string of the molecule is CC1CN(S(=O)(=O)CCC(=O)O)CCCO1. The largest absolute Gasteiger partial charge is 0.481 e. The zero-order chi connectivity index (χ0) is 12.2. The summed E-state index contributed by atoms with van der Waals surface area (Å²) in [5, 5.41) is 8.48. The molecule has 1 saturated heterocycles. The van der Waals surface area contributed by atoms with E-state index < -0.39 is 16.0 Å². The molecule has 0 aliphatic carbocycles. The van der Waals surface area contributed by atoms with Crippen LogP contribution in [0.1, 0.15) is 19.8 Å². The van der Waals surface area contributed by atoms with Crippen LogP contribution in [0.4, 0.5) is 0 Å². The number of carbonyl (C=O) groups is 1. The lowest BCUT2D eigenvalue weighted by atomic mass is 10.4. The molecule has 0 aromatic carbocycles. The van der Waals surface area contributed by atoms with Crippen LogP contribution in [0.2, 0.25) is 0 Å². The Morgan fingerprint density at radius 1 is 1.56 bits per heavy atom. The standard InChI is InChI=1S/C9H17NO5S/c1-8-7-10(4-2-5-15-8)16(13,14)6-3-9(11)12/h8H,2-7H2,1H3,(H,11,12). The molecule has 1 heterocycles. The molecule has 0 spiro atoms. The minimum absolute atomic E-state index is 0.137. The Kier molecular flexibility index (Phi) is 4.69. The Bertz CT molecular complexity index is 340. The summed E-state index contributed by atoms with van der Waals surface area (Å²) in [4.78, 5) is 10.4. The molecule has 1 fully saturated rings. The summed E-state index contributed by atoms with van der Waals surface area (Å²) in [6.45, 7) is 3.07. The molecule has 0 aromatic rings. The second kappa shape index (κ2) is 5.60. The van der Waals surface area contributed by atoms with Crippen LogP contribution in [0.15, 0.2) is 0 Å². The number of carboxylic acid groups (broad SMARTS) is 1. The van der Waals surface area contributed by atoms with Gasteiger partial charge >= 0.3 is 5.97 Å². The fraction of sp³-hybridized carbons (Fsp3) is 0.889. The summed E-state index contributed by atoms with van der Waals surface area (Å²) in [6.07, 6.45) is 0.159. The van der Waals surface area contributed by atoms with Crippen molar-refractivity contribution < 1.29 is 23.1 Å². The van der Waals surface area contributed by atoms with Crippen LogP contribution in [0.3, 0.4) is 0 Å². The molecule has 1 rings (SSSR count). The van der Waals surface area contributed by atoms with Gasteiger partial charge in [-0.25, -0.2) is 8.42 Å². The monoisotopic (exact) mass is 251 g/mol. The Hall–Kier alpha value is -0.660. The molecule has 7 heteroatoms. The maximum Gasteiger partial charge on any atom is 0.304 e. The molecule has 6 nitrogen and oxygen atoms in total. The minimum atomic E-state index is -3.46. The van der Waals surface area contributed by atoms with Gasteiger partial charge in [-0.15, -0.1) is 0 Å². The van der Waals surface area contributed by atoms with Crippen molar-refractivity contribution in [2.24, 2.45) is 0 Å². The van der Waals surface area contributed by atoms with Crippen LogP contribution in [0.5, 0.6) is 0 Å². The van der Waals surface area contributed by atoms with E-state index in [1.165, 1.54) is 4.31 Å². The molecule has 1 atom stereocenters. The second-order valence-corrected chi connectivity index (χ2v) is 5.94. The van der Waals surface area contributed by atoms with Gasteiger partial charge in [0.15, 0.2) is 0 Å². The van der Waals surface area contributed by atoms with Crippen molar-refractivity contribution in [3.05, 3.63) is 0 Å². The van der Waals surface area contributed by atoms with Gasteiger partial charge in [-0.05, 0) is 13.3 Å². The molecule has 0 bridgehead atoms. The lowest BCUT2D eigenvalue weighted by Gasteiger charge is -2.21. The highest BCUT2D eigenvalue weighted by atomic mass is 32.2. The van der Waals surface area contributed by atoms with Crippen molar-refractivity contribution in [1.82, 2.24) is 4.31 Å². The van der Waals surface area contributed by atoms with Crippen molar-refractivity contribution in [2.75, 3.05) is 25.4 Å². The lowest BCUT2D eigenvalue weighted by Crippen LogP contribution is -2.37. The predicted octanol–water partition coefficient (Wildman–Crippen LogP) is -0.0983. The van der Waals surface area contributed by atoms with Crippen molar-refractivity contribution in [3.63, 3.8) is 0 Å². The van der Waals surface area contributed by atoms with E-state index in [0.29, 0.717) is 26.1 Å². The molecule has 0 saturated carbocycles. The fourth-order valence-electron chi connectivity index (χ4n) is 1.55. The van der Waals surface area contributed by atoms with Gasteiger partial charge in [-0.1, -0.05) is 0 Å². The van der Waals surface area contributed by atoms with E-state index in [2.05, 4.69) is 0 Å². The number of aliphatic carboxylic acids is 1. The molecule has 0 radical (unpaired) electrons. The third-order valence-electron chi connectivity index (χ3n) is 2.38. The van der Waals surface area contributed by atoms with E-state index in [1.807, 2.05) is 6.92 Å². The summed E-state index contributed by atoms with van der Waals surface area (Å²) >= 11 is 0. The Balaban J connectivity index is 2.62. The zero-order valence-electron chi connectivity index (χ0n) is 9.26. The maximum absolute atomic E-state index is 11.8. The third kappa shape index (κ3) is 4.07. The Morgan fingerprint density at radius 2 is 2.25 bits per heavy atom. The van der Waals surface area contributed by atoms with Gasteiger partial charge < -0.3 is 9.84 Å². The molecule has 0 amide bonds. The topological polar surface area (TPSA) is 83.9 Å². The van der Waals surface area contributed by atoms with Gasteiger partial charge in [-0.2, -0.15) is 4.31 Å². The molecule has 1 N–H and O–H groups in total. The normalized spacial score (nSPS) is 23.9. The first-order valence-corrected chi connectivity index (χ1v) is 6.84. The predicted molar refractivity (Wildman–Crippen MR) is 57.6 cm³/mol. The van der Waals surface area contributed by atoms with Crippen molar-refractivity contribution in [2.45, 2.75) is 25.9 Å². The number of sulfonamides is 1. The molecule has 1 aliphatic heterocycles. The number of rotatable bonds is 4. The maximum atomic E-state index is 11.8. The Morgan fingerprint density at radius 3 is 2.88 bits per heavy atom. The molecule has 94 valence electrons. The van der Waals surface area contributed by atoms with E-state index in [1.54, 1.807) is 0 Å². The van der Waals surface area contributed by atoms with Crippen LogP contribution in [0.25, 0.3) is 0 Å². The summed E-state index contributed by atoms with van der Waals surface area (Å²) in [6, 6.07) is 0. The highest BCUT2D eigenvalue weighted by molar-refractivity contribution is 7.89. The Labute approximate surface area is 95.2 Å². The third-order valence-corrected chi connectivity index (χ3v) is 4.22. The van der Waals surface area contributed by atoms with Crippen molar-refractivity contribution in [3.8, 4) is 0 Å².